The highest BCUT2D eigenvalue weighted by atomic mass is 16.6. The molecule has 0 aliphatic carbocycles. The normalized spacial score (nSPS) is 10.6. The molecule has 18 nitrogen and oxygen atoms in total. The number of rotatable bonds is 20. The first-order valence-corrected chi connectivity index (χ1v) is 23.8. The van der Waals surface area contributed by atoms with Gasteiger partial charge in [-0.25, -0.2) is 4.79 Å². The first-order valence-electron chi connectivity index (χ1n) is 23.8. The summed E-state index contributed by atoms with van der Waals surface area (Å²) in [6, 6.07) is 32.5. The molecular formula is C57H62N10O8. The van der Waals surface area contributed by atoms with E-state index in [1.54, 1.807) is 101 Å². The van der Waals surface area contributed by atoms with E-state index in [9.17, 15) is 24.9 Å². The van der Waals surface area contributed by atoms with Gasteiger partial charge in [0.25, 0.3) is 0 Å². The number of pyridine rings is 2. The highest BCUT2D eigenvalue weighted by Crippen LogP contribution is 2.32. The molecule has 0 fully saturated rings. The zero-order valence-electron chi connectivity index (χ0n) is 43.2. The smallest absolute Gasteiger partial charge is 0.415 e. The van der Waals surface area contributed by atoms with Crippen LogP contribution in [0.2, 0.25) is 0 Å². The Kier molecular flexibility index (Phi) is 20.4. The van der Waals surface area contributed by atoms with Crippen molar-refractivity contribution < 1.29 is 38.1 Å². The van der Waals surface area contributed by atoms with Gasteiger partial charge in [0.05, 0.1) is 55.4 Å². The fraction of sp³-hybridized carbons (Fsp3) is 0.281. The SMILES string of the molecule is COC(=O)CCc1c(CN(C(=O)OC(C)(C)C)c2ccc(C#N)cc2)cnc(C)c1OCc1cccc(C#N)c1.COC(=O)CCc1c(CNc2ccc(C(=N)N)cc2)cnc(C)c1OCc1cccc(C(=N)N)c1. The van der Waals surface area contributed by atoms with Gasteiger partial charge in [-0.05, 0) is 136 Å². The van der Waals surface area contributed by atoms with Crippen molar-refractivity contribution in [2.24, 2.45) is 11.5 Å². The second-order valence-electron chi connectivity index (χ2n) is 18.1. The van der Waals surface area contributed by atoms with E-state index >= 15 is 0 Å². The molecule has 7 N–H and O–H groups in total. The van der Waals surface area contributed by atoms with E-state index in [0.717, 1.165) is 27.9 Å². The topological polar surface area (TPSA) is 286 Å². The van der Waals surface area contributed by atoms with E-state index < -0.39 is 11.7 Å². The lowest BCUT2D eigenvalue weighted by Gasteiger charge is -2.28. The Morgan fingerprint density at radius 1 is 0.680 bits per heavy atom. The van der Waals surface area contributed by atoms with E-state index in [1.165, 1.54) is 19.1 Å². The van der Waals surface area contributed by atoms with E-state index in [-0.39, 0.29) is 62.6 Å². The molecule has 2 heterocycles. The number of amidine groups is 2. The molecule has 0 atom stereocenters. The average Bonchev–Trinajstić information content (AvgIpc) is 3.40. The molecule has 0 radical (unpaired) electrons. The van der Waals surface area contributed by atoms with E-state index in [1.807, 2.05) is 43.3 Å². The van der Waals surface area contributed by atoms with Gasteiger partial charge in [0, 0.05) is 65.4 Å². The summed E-state index contributed by atoms with van der Waals surface area (Å²) in [6.45, 7) is 9.99. The number of amides is 1. The molecule has 18 heteroatoms. The van der Waals surface area contributed by atoms with Crippen LogP contribution in [-0.4, -0.2) is 59.5 Å². The Labute approximate surface area is 437 Å². The fourth-order valence-corrected chi connectivity index (χ4v) is 7.53. The highest BCUT2D eigenvalue weighted by Gasteiger charge is 2.27. The largest absolute Gasteiger partial charge is 0.487 e. The van der Waals surface area contributed by atoms with Crippen LogP contribution >= 0.6 is 0 Å². The maximum Gasteiger partial charge on any atom is 0.415 e. The summed E-state index contributed by atoms with van der Waals surface area (Å²) in [5.74, 6) is 0.427. The quantitative estimate of drug-likeness (QED) is 0.0206. The number of nitriles is 2. The predicted molar refractivity (Wildman–Crippen MR) is 284 cm³/mol. The minimum absolute atomic E-state index is 0.00660. The molecule has 75 heavy (non-hydrogen) atoms. The maximum absolute atomic E-state index is 13.4. The van der Waals surface area contributed by atoms with Gasteiger partial charge in [0.1, 0.15) is 42.0 Å². The zero-order valence-corrected chi connectivity index (χ0v) is 43.2. The lowest BCUT2D eigenvalue weighted by Crippen LogP contribution is -2.36. The summed E-state index contributed by atoms with van der Waals surface area (Å²) in [5, 5.41) is 37.0. The number of aromatic nitrogens is 2. The van der Waals surface area contributed by atoms with Crippen molar-refractivity contribution in [2.45, 2.75) is 92.2 Å². The average molecular weight is 1020 g/mol. The van der Waals surface area contributed by atoms with Crippen molar-refractivity contribution in [3.8, 4) is 23.6 Å². The molecule has 6 rings (SSSR count). The molecule has 0 saturated heterocycles. The minimum Gasteiger partial charge on any atom is -0.487 e. The van der Waals surface area contributed by atoms with Crippen LogP contribution < -0.4 is 31.2 Å². The van der Waals surface area contributed by atoms with Crippen LogP contribution in [0.25, 0.3) is 0 Å². The van der Waals surface area contributed by atoms with Crippen molar-refractivity contribution in [2.75, 3.05) is 24.4 Å². The van der Waals surface area contributed by atoms with Gasteiger partial charge in [0.15, 0.2) is 0 Å². The Morgan fingerprint density at radius 3 is 1.72 bits per heavy atom. The fourth-order valence-electron chi connectivity index (χ4n) is 7.53. The van der Waals surface area contributed by atoms with Crippen LogP contribution in [0.3, 0.4) is 0 Å². The molecule has 0 aliphatic heterocycles. The molecule has 6 aromatic rings. The van der Waals surface area contributed by atoms with E-state index in [2.05, 4.69) is 27.4 Å². The predicted octanol–water partition coefficient (Wildman–Crippen LogP) is 9.01. The van der Waals surface area contributed by atoms with Crippen molar-refractivity contribution in [3.63, 3.8) is 0 Å². The van der Waals surface area contributed by atoms with Crippen LogP contribution in [0.5, 0.6) is 11.5 Å². The number of hydrogen-bond donors (Lipinski definition) is 5. The van der Waals surface area contributed by atoms with Gasteiger partial charge in [0.2, 0.25) is 0 Å². The van der Waals surface area contributed by atoms with Crippen molar-refractivity contribution in [3.05, 3.63) is 176 Å². The Hall–Kier alpha value is -9.29. The maximum atomic E-state index is 13.4. The van der Waals surface area contributed by atoms with Gasteiger partial charge < -0.3 is 40.5 Å². The molecule has 0 unspecified atom stereocenters. The van der Waals surface area contributed by atoms with Gasteiger partial charge >= 0.3 is 18.0 Å². The first kappa shape index (κ1) is 56.6. The van der Waals surface area contributed by atoms with Crippen LogP contribution in [-0.2, 0) is 62.9 Å². The molecule has 0 aliphatic rings. The van der Waals surface area contributed by atoms with Crippen LogP contribution in [0.4, 0.5) is 16.2 Å². The number of nitrogens with zero attached hydrogens (tertiary/aromatic N) is 5. The van der Waals surface area contributed by atoms with Crippen LogP contribution in [0.1, 0.15) is 101 Å². The van der Waals surface area contributed by atoms with Crippen LogP contribution in [0, 0.1) is 47.3 Å². The highest BCUT2D eigenvalue weighted by molar-refractivity contribution is 5.95. The number of hydrogen-bond acceptors (Lipinski definition) is 15. The van der Waals surface area contributed by atoms with E-state index in [4.69, 9.17) is 46.0 Å². The molecule has 2 aromatic heterocycles. The Morgan fingerprint density at radius 2 is 1.20 bits per heavy atom. The number of methoxy groups -OCH3 is 2. The number of carbonyl (C=O) groups is 3. The van der Waals surface area contributed by atoms with Gasteiger partial charge in [-0.3, -0.25) is 35.3 Å². The molecule has 388 valence electrons. The summed E-state index contributed by atoms with van der Waals surface area (Å²) in [6.07, 6.45) is 3.88. The number of carbonyl (C=O) groups excluding carboxylic acids is 3. The van der Waals surface area contributed by atoms with Gasteiger partial charge in [-0.2, -0.15) is 10.5 Å². The number of esters is 2. The summed E-state index contributed by atoms with van der Waals surface area (Å²) >= 11 is 0. The van der Waals surface area contributed by atoms with Crippen LogP contribution in [0.15, 0.2) is 109 Å². The van der Waals surface area contributed by atoms with Gasteiger partial charge in [-0.1, -0.05) is 30.3 Å². The van der Waals surface area contributed by atoms with E-state index in [0.29, 0.717) is 74.9 Å². The third kappa shape index (κ3) is 16.9. The first-order chi connectivity index (χ1) is 35.8. The lowest BCUT2D eigenvalue weighted by molar-refractivity contribution is -0.141. The molecule has 0 spiro atoms. The second-order valence-corrected chi connectivity index (χ2v) is 18.1. The molecule has 0 saturated carbocycles. The number of anilines is 2. The monoisotopic (exact) mass is 1010 g/mol. The molecule has 1 amide bonds. The number of ether oxygens (including phenoxy) is 5. The molecule has 4 aromatic carbocycles. The van der Waals surface area contributed by atoms with Crippen molar-refractivity contribution in [1.29, 1.82) is 21.3 Å². The number of benzene rings is 4. The summed E-state index contributed by atoms with van der Waals surface area (Å²) in [5.41, 5.74) is 20.2. The summed E-state index contributed by atoms with van der Waals surface area (Å²) < 4.78 is 27.8. The third-order valence-electron chi connectivity index (χ3n) is 11.4. The number of nitrogens with two attached hydrogens (primary N) is 2. The zero-order chi connectivity index (χ0) is 54.7. The summed E-state index contributed by atoms with van der Waals surface area (Å²) in [7, 11) is 2.70. The van der Waals surface area contributed by atoms with Crippen molar-refractivity contribution >= 4 is 41.1 Å². The minimum atomic E-state index is -0.743. The standard InChI is InChI=1S/C31H32N4O5.C26H30N6O3/c1-21-29(39-20-24-8-6-7-23(15-24)17-33)27(13-14-28(36)38-5)25(18-34-21)19-35(30(37)40-31(2,3)4)26-11-9-22(16-32)10-12-26;1-16-24(35-15-17-4-3-5-19(12-17)26(29)30)22(10-11-23(33)34-2)20(13-31-16)14-32-21-8-6-18(7-9-21)25(27)28/h6-12,15,18H,13-14,19-20H2,1-5H3;3-9,12-13,32H,10-11,14-15H2,1-2H3,(H3,27,28)(H3,29,30). The molecular weight excluding hydrogens is 953 g/mol. The molecule has 0 bridgehead atoms. The Balaban J connectivity index is 0.000000280. The number of nitrogen functional groups attached to an aromatic ring is 2. The number of nitrogens with one attached hydrogen (secondary N) is 3. The van der Waals surface area contributed by atoms with Gasteiger partial charge in [-0.15, -0.1) is 0 Å². The second kappa shape index (κ2) is 27.0. The third-order valence-corrected chi connectivity index (χ3v) is 11.4. The Bertz CT molecular complexity index is 3080. The lowest BCUT2D eigenvalue weighted by atomic mass is 10.0. The summed E-state index contributed by atoms with van der Waals surface area (Å²) in [4.78, 5) is 47.8. The number of aryl methyl sites for hydroxylation is 2. The van der Waals surface area contributed by atoms with Crippen molar-refractivity contribution in [1.82, 2.24) is 9.97 Å².